The zero-order valence-corrected chi connectivity index (χ0v) is 12.5. The van der Waals surface area contributed by atoms with Gasteiger partial charge >= 0.3 is 6.18 Å². The minimum Gasteiger partial charge on any atom is -0.310 e. The number of benzene rings is 1. The second kappa shape index (κ2) is 5.88. The number of anilines is 1. The minimum atomic E-state index is -4.58. The van der Waals surface area contributed by atoms with Crippen molar-refractivity contribution in [1.29, 1.82) is 0 Å². The molecule has 1 atom stereocenters. The molecule has 0 spiro atoms. The molecule has 21 heavy (non-hydrogen) atoms. The van der Waals surface area contributed by atoms with Crippen LogP contribution in [0.2, 0.25) is 5.02 Å². The molecule has 0 N–H and O–H groups in total. The Labute approximate surface area is 128 Å². The van der Waals surface area contributed by atoms with Gasteiger partial charge in [-0.1, -0.05) is 29.4 Å². The second-order valence-corrected chi connectivity index (χ2v) is 6.43. The Kier molecular flexibility index (Phi) is 4.53. The van der Waals surface area contributed by atoms with Crippen LogP contribution in [0.1, 0.15) is 18.9 Å². The van der Waals surface area contributed by atoms with Crippen LogP contribution in [0.25, 0.3) is 0 Å². The van der Waals surface area contributed by atoms with Crippen molar-refractivity contribution in [3.8, 4) is 0 Å². The van der Waals surface area contributed by atoms with E-state index in [-0.39, 0.29) is 34.9 Å². The van der Waals surface area contributed by atoms with Crippen LogP contribution in [-0.2, 0) is 15.8 Å². The molecular weight excluding hydrogens is 327 g/mol. The van der Waals surface area contributed by atoms with Gasteiger partial charge in [-0.2, -0.15) is 13.2 Å². The summed E-state index contributed by atoms with van der Waals surface area (Å²) in [6.07, 6.45) is -4.47. The summed E-state index contributed by atoms with van der Waals surface area (Å²) in [6, 6.07) is 3.45. The molecule has 1 amide bonds. The van der Waals surface area contributed by atoms with E-state index in [4.69, 9.17) is 11.6 Å². The Balaban J connectivity index is 2.31. The number of amides is 1. The fourth-order valence-corrected chi connectivity index (χ4v) is 3.42. The molecule has 1 aromatic carbocycles. The summed E-state index contributed by atoms with van der Waals surface area (Å²) >= 11 is 6.82. The molecule has 114 valence electrons. The largest absolute Gasteiger partial charge is 0.417 e. The number of halogens is 4. The van der Waals surface area contributed by atoms with Crippen molar-refractivity contribution in [3.05, 3.63) is 28.8 Å². The molecule has 1 aromatic rings. The molecule has 8 heteroatoms. The highest BCUT2D eigenvalue weighted by Crippen LogP contribution is 2.41. The van der Waals surface area contributed by atoms with Gasteiger partial charge in [-0.25, -0.2) is 0 Å². The van der Waals surface area contributed by atoms with E-state index in [1.54, 1.807) is 0 Å². The molecule has 1 aliphatic heterocycles. The normalized spacial score (nSPS) is 19.2. The van der Waals surface area contributed by atoms with E-state index >= 15 is 0 Å². The molecule has 1 aliphatic rings. The lowest BCUT2D eigenvalue weighted by Crippen LogP contribution is -2.26. The molecule has 3 nitrogen and oxygen atoms in total. The first-order chi connectivity index (χ1) is 9.70. The lowest BCUT2D eigenvalue weighted by molar-refractivity contribution is -0.137. The second-order valence-electron chi connectivity index (χ2n) is 4.58. The van der Waals surface area contributed by atoms with Gasteiger partial charge in [0.25, 0.3) is 0 Å². The average Bonchev–Trinajstić information content (AvgIpc) is 2.67. The van der Waals surface area contributed by atoms with Crippen molar-refractivity contribution in [1.82, 2.24) is 0 Å². The van der Waals surface area contributed by atoms with Gasteiger partial charge in [-0.3, -0.25) is 9.59 Å². The number of hydrogen-bond acceptors (Lipinski definition) is 3. The Bertz CT molecular complexity index is 591. The molecule has 0 aromatic heterocycles. The monoisotopic (exact) mass is 337 g/mol. The van der Waals surface area contributed by atoms with Crippen LogP contribution in [0.3, 0.4) is 0 Å². The smallest absolute Gasteiger partial charge is 0.310 e. The SMILES string of the molecule is CC(=O)SC1CC(=O)N(c2cccc(C(F)(F)F)c2Cl)C1. The average molecular weight is 338 g/mol. The first-order valence-corrected chi connectivity index (χ1v) is 7.29. The van der Waals surface area contributed by atoms with Crippen molar-refractivity contribution in [2.24, 2.45) is 0 Å². The third kappa shape index (κ3) is 3.52. The van der Waals surface area contributed by atoms with E-state index in [2.05, 4.69) is 0 Å². The number of carbonyl (C=O) groups excluding carboxylic acids is 2. The van der Waals surface area contributed by atoms with Crippen LogP contribution in [0.5, 0.6) is 0 Å². The Hall–Kier alpha value is -1.21. The standard InChI is InChI=1S/C13H11ClF3NO2S/c1-7(19)21-8-5-11(20)18(6-8)10-4-2-3-9(12(10)14)13(15,16)17/h2-4,8H,5-6H2,1H3. The number of carbonyl (C=O) groups is 2. The van der Waals surface area contributed by atoms with Crippen molar-refractivity contribution in [3.63, 3.8) is 0 Å². The Morgan fingerprint density at radius 3 is 2.67 bits per heavy atom. The quantitative estimate of drug-likeness (QED) is 0.825. The molecule has 1 heterocycles. The summed E-state index contributed by atoms with van der Waals surface area (Å²) in [5.74, 6) is -0.338. The van der Waals surface area contributed by atoms with Crippen molar-refractivity contribution in [2.75, 3.05) is 11.4 Å². The van der Waals surface area contributed by atoms with Crippen molar-refractivity contribution >= 4 is 40.1 Å². The molecule has 1 saturated heterocycles. The Morgan fingerprint density at radius 1 is 1.43 bits per heavy atom. The van der Waals surface area contributed by atoms with Gasteiger partial charge in [-0.05, 0) is 12.1 Å². The molecule has 0 aliphatic carbocycles. The van der Waals surface area contributed by atoms with Gasteiger partial charge in [-0.15, -0.1) is 0 Å². The third-order valence-electron chi connectivity index (χ3n) is 3.00. The summed E-state index contributed by atoms with van der Waals surface area (Å²) < 4.78 is 38.5. The molecule has 1 unspecified atom stereocenters. The number of rotatable bonds is 2. The highest BCUT2D eigenvalue weighted by molar-refractivity contribution is 8.14. The van der Waals surface area contributed by atoms with E-state index in [1.807, 2.05) is 0 Å². The topological polar surface area (TPSA) is 37.4 Å². The predicted molar refractivity (Wildman–Crippen MR) is 75.5 cm³/mol. The molecule has 0 bridgehead atoms. The highest BCUT2D eigenvalue weighted by Gasteiger charge is 2.37. The van der Waals surface area contributed by atoms with Crippen LogP contribution in [0.15, 0.2) is 18.2 Å². The summed E-state index contributed by atoms with van der Waals surface area (Å²) in [6.45, 7) is 1.55. The summed E-state index contributed by atoms with van der Waals surface area (Å²) in [5.41, 5.74) is -0.944. The lowest BCUT2D eigenvalue weighted by atomic mass is 10.2. The van der Waals surface area contributed by atoms with E-state index in [0.29, 0.717) is 0 Å². The van der Waals surface area contributed by atoms with Gasteiger partial charge in [0, 0.05) is 25.1 Å². The molecular formula is C13H11ClF3NO2S. The summed E-state index contributed by atoms with van der Waals surface area (Å²) in [5, 5.41) is -0.891. The van der Waals surface area contributed by atoms with Gasteiger partial charge in [0.1, 0.15) is 0 Å². The van der Waals surface area contributed by atoms with Crippen LogP contribution in [0.4, 0.5) is 18.9 Å². The zero-order chi connectivity index (χ0) is 15.8. The molecule has 1 fully saturated rings. The number of thioether (sulfide) groups is 1. The first-order valence-electron chi connectivity index (χ1n) is 6.03. The number of hydrogen-bond donors (Lipinski definition) is 0. The highest BCUT2D eigenvalue weighted by atomic mass is 35.5. The summed E-state index contributed by atoms with van der Waals surface area (Å²) in [4.78, 5) is 24.2. The predicted octanol–water partition coefficient (Wildman–Crippen LogP) is 3.74. The van der Waals surface area contributed by atoms with Crippen molar-refractivity contribution in [2.45, 2.75) is 24.8 Å². The maximum Gasteiger partial charge on any atom is 0.417 e. The van der Waals surface area contributed by atoms with Gasteiger partial charge in [0.15, 0.2) is 5.12 Å². The van der Waals surface area contributed by atoms with Crippen molar-refractivity contribution < 1.29 is 22.8 Å². The summed E-state index contributed by atoms with van der Waals surface area (Å²) in [7, 11) is 0. The maximum absolute atomic E-state index is 12.8. The fraction of sp³-hybridized carbons (Fsp3) is 0.385. The van der Waals surface area contributed by atoms with Gasteiger partial charge in [0.2, 0.25) is 5.91 Å². The zero-order valence-electron chi connectivity index (χ0n) is 10.9. The van der Waals surface area contributed by atoms with E-state index in [9.17, 15) is 22.8 Å². The molecule has 2 rings (SSSR count). The van der Waals surface area contributed by atoms with E-state index in [1.165, 1.54) is 24.0 Å². The molecule has 0 radical (unpaired) electrons. The maximum atomic E-state index is 12.8. The fourth-order valence-electron chi connectivity index (χ4n) is 2.17. The minimum absolute atomic E-state index is 0.0307. The van der Waals surface area contributed by atoms with E-state index in [0.717, 1.165) is 17.8 Å². The third-order valence-corrected chi connectivity index (χ3v) is 4.37. The first kappa shape index (κ1) is 16.2. The Morgan fingerprint density at radius 2 is 2.10 bits per heavy atom. The van der Waals surface area contributed by atoms with E-state index < -0.39 is 16.8 Å². The lowest BCUT2D eigenvalue weighted by Gasteiger charge is -2.20. The molecule has 0 saturated carbocycles. The van der Waals surface area contributed by atoms with Crippen LogP contribution >= 0.6 is 23.4 Å². The van der Waals surface area contributed by atoms with Gasteiger partial charge < -0.3 is 4.90 Å². The number of nitrogens with zero attached hydrogens (tertiary/aromatic N) is 1. The van der Waals surface area contributed by atoms with Crippen LogP contribution in [0, 0.1) is 0 Å². The number of alkyl halides is 3. The van der Waals surface area contributed by atoms with Crippen LogP contribution in [-0.4, -0.2) is 22.8 Å². The van der Waals surface area contributed by atoms with Gasteiger partial charge in [0.05, 0.1) is 16.3 Å². The van der Waals surface area contributed by atoms with Crippen LogP contribution < -0.4 is 4.90 Å².